The zero-order valence-corrected chi connectivity index (χ0v) is 11.9. The Balaban J connectivity index is 1.89. The number of nitrogens with zero attached hydrogens (tertiary/aromatic N) is 3. The molecule has 1 aromatic carbocycles. The highest BCUT2D eigenvalue weighted by Gasteiger charge is 2.10. The highest BCUT2D eigenvalue weighted by Crippen LogP contribution is 2.13. The molecule has 0 saturated carbocycles. The summed E-state index contributed by atoms with van der Waals surface area (Å²) in [6, 6.07) is 8.07. The Morgan fingerprint density at radius 2 is 1.84 bits per heavy atom. The molecule has 1 heterocycles. The number of nitrogen functional groups attached to an aromatic ring is 1. The normalized spacial score (nSPS) is 11.2. The molecule has 0 aliphatic rings. The summed E-state index contributed by atoms with van der Waals surface area (Å²) in [7, 11) is 1.96. The van der Waals surface area contributed by atoms with Gasteiger partial charge in [0.15, 0.2) is 5.82 Å². The van der Waals surface area contributed by atoms with Gasteiger partial charge in [0.25, 0.3) is 0 Å². The van der Waals surface area contributed by atoms with Crippen LogP contribution in [0.2, 0.25) is 0 Å². The molecule has 0 radical (unpaired) electrons. The molecule has 0 atom stereocenters. The van der Waals surface area contributed by atoms with Crippen molar-refractivity contribution in [3.8, 4) is 0 Å². The van der Waals surface area contributed by atoms with E-state index >= 15 is 0 Å². The average molecular weight is 258 g/mol. The predicted molar refractivity (Wildman–Crippen MR) is 78.0 cm³/mol. The van der Waals surface area contributed by atoms with Gasteiger partial charge in [-0.15, -0.1) is 0 Å². The number of aryl methyl sites for hydroxylation is 3. The van der Waals surface area contributed by atoms with Crippen molar-refractivity contribution in [1.29, 1.82) is 0 Å². The fourth-order valence-corrected chi connectivity index (χ4v) is 2.19. The molecule has 2 rings (SSSR count). The van der Waals surface area contributed by atoms with Gasteiger partial charge in [0, 0.05) is 25.1 Å². The first-order valence-corrected chi connectivity index (χ1v) is 6.80. The van der Waals surface area contributed by atoms with Crippen molar-refractivity contribution in [1.82, 2.24) is 14.8 Å². The first-order chi connectivity index (χ1) is 9.06. The molecule has 102 valence electrons. The van der Waals surface area contributed by atoms with E-state index < -0.39 is 0 Å². The van der Waals surface area contributed by atoms with Gasteiger partial charge >= 0.3 is 0 Å². The van der Waals surface area contributed by atoms with Crippen LogP contribution in [-0.2, 0) is 19.9 Å². The number of benzene rings is 1. The second-order valence-corrected chi connectivity index (χ2v) is 5.26. The fraction of sp³-hybridized carbons (Fsp3) is 0.467. The van der Waals surface area contributed by atoms with E-state index in [1.807, 2.05) is 23.9 Å². The molecule has 1 aromatic heterocycles. The molecular weight excluding hydrogens is 236 g/mol. The minimum Gasteiger partial charge on any atom is -0.399 e. The van der Waals surface area contributed by atoms with Gasteiger partial charge in [0.1, 0.15) is 5.82 Å². The quantitative estimate of drug-likeness (QED) is 0.839. The van der Waals surface area contributed by atoms with Crippen molar-refractivity contribution < 1.29 is 0 Å². The van der Waals surface area contributed by atoms with Crippen LogP contribution in [0.25, 0.3) is 0 Å². The molecule has 2 N–H and O–H groups in total. The Labute approximate surface area is 114 Å². The molecule has 0 amide bonds. The van der Waals surface area contributed by atoms with Gasteiger partial charge in [0.2, 0.25) is 0 Å². The van der Waals surface area contributed by atoms with E-state index in [4.69, 9.17) is 5.73 Å². The Hall–Kier alpha value is -1.84. The van der Waals surface area contributed by atoms with Crippen molar-refractivity contribution in [2.24, 2.45) is 7.05 Å². The number of hydrogen-bond acceptors (Lipinski definition) is 3. The Bertz CT molecular complexity index is 526. The van der Waals surface area contributed by atoms with Gasteiger partial charge in [-0.05, 0) is 30.5 Å². The molecule has 0 spiro atoms. The van der Waals surface area contributed by atoms with E-state index in [0.29, 0.717) is 5.92 Å². The van der Waals surface area contributed by atoms with Crippen molar-refractivity contribution in [2.45, 2.75) is 39.0 Å². The summed E-state index contributed by atoms with van der Waals surface area (Å²) in [6.07, 6.45) is 3.02. The molecule has 0 fully saturated rings. The number of rotatable bonds is 5. The van der Waals surface area contributed by atoms with Crippen molar-refractivity contribution in [3.63, 3.8) is 0 Å². The van der Waals surface area contributed by atoms with Gasteiger partial charge in [-0.3, -0.25) is 4.68 Å². The SMILES string of the molecule is CC(C)c1nc(CCCc2ccc(N)cc2)nn1C. The molecule has 2 aromatic rings. The van der Waals surface area contributed by atoms with Gasteiger partial charge in [-0.1, -0.05) is 26.0 Å². The Kier molecular flexibility index (Phi) is 4.20. The standard InChI is InChI=1S/C15H22N4/c1-11(2)15-17-14(18-19(15)3)6-4-5-12-7-9-13(16)10-8-12/h7-11H,4-6,16H2,1-3H3. The summed E-state index contributed by atoms with van der Waals surface area (Å²) in [5.74, 6) is 2.42. The summed E-state index contributed by atoms with van der Waals surface area (Å²) in [4.78, 5) is 4.59. The summed E-state index contributed by atoms with van der Waals surface area (Å²) in [5, 5.41) is 4.46. The van der Waals surface area contributed by atoms with Crippen molar-refractivity contribution in [2.75, 3.05) is 5.73 Å². The van der Waals surface area contributed by atoms with Crippen molar-refractivity contribution in [3.05, 3.63) is 41.5 Å². The van der Waals surface area contributed by atoms with Gasteiger partial charge in [0.05, 0.1) is 0 Å². The Morgan fingerprint density at radius 3 is 2.42 bits per heavy atom. The predicted octanol–water partition coefficient (Wildman–Crippen LogP) is 2.70. The van der Waals surface area contributed by atoms with Crippen LogP contribution in [0, 0.1) is 0 Å². The molecule has 4 heteroatoms. The minimum absolute atomic E-state index is 0.420. The first-order valence-electron chi connectivity index (χ1n) is 6.80. The van der Waals surface area contributed by atoms with Crippen LogP contribution < -0.4 is 5.73 Å². The third kappa shape index (κ3) is 3.56. The summed E-state index contributed by atoms with van der Waals surface area (Å²) >= 11 is 0. The molecular formula is C15H22N4. The van der Waals surface area contributed by atoms with Crippen LogP contribution in [0.5, 0.6) is 0 Å². The molecule has 0 aliphatic carbocycles. The van der Waals surface area contributed by atoms with Crippen LogP contribution >= 0.6 is 0 Å². The van der Waals surface area contributed by atoms with E-state index in [-0.39, 0.29) is 0 Å². The third-order valence-corrected chi connectivity index (χ3v) is 3.20. The van der Waals surface area contributed by atoms with Gasteiger partial charge in [-0.2, -0.15) is 5.10 Å². The van der Waals surface area contributed by atoms with E-state index in [1.165, 1.54) is 5.56 Å². The summed E-state index contributed by atoms with van der Waals surface area (Å²) in [6.45, 7) is 4.28. The lowest BCUT2D eigenvalue weighted by Crippen LogP contribution is -2.00. The molecule has 0 saturated heterocycles. The maximum atomic E-state index is 5.67. The maximum absolute atomic E-state index is 5.67. The third-order valence-electron chi connectivity index (χ3n) is 3.20. The highest BCUT2D eigenvalue weighted by molar-refractivity contribution is 5.39. The first kappa shape index (κ1) is 13.6. The van der Waals surface area contributed by atoms with E-state index in [9.17, 15) is 0 Å². The molecule has 0 aliphatic heterocycles. The number of aromatic nitrogens is 3. The zero-order chi connectivity index (χ0) is 13.8. The van der Waals surface area contributed by atoms with Crippen LogP contribution in [0.3, 0.4) is 0 Å². The summed E-state index contributed by atoms with van der Waals surface area (Å²) in [5.41, 5.74) is 7.80. The fourth-order valence-electron chi connectivity index (χ4n) is 2.19. The number of hydrogen-bond donors (Lipinski definition) is 1. The second kappa shape index (κ2) is 5.87. The van der Waals surface area contributed by atoms with E-state index in [1.54, 1.807) is 0 Å². The molecule has 0 unspecified atom stereocenters. The maximum Gasteiger partial charge on any atom is 0.150 e. The second-order valence-electron chi connectivity index (χ2n) is 5.26. The van der Waals surface area contributed by atoms with E-state index in [2.05, 4.69) is 36.1 Å². The lowest BCUT2D eigenvalue weighted by atomic mass is 10.1. The lowest BCUT2D eigenvalue weighted by Gasteiger charge is -2.01. The highest BCUT2D eigenvalue weighted by atomic mass is 15.3. The largest absolute Gasteiger partial charge is 0.399 e. The molecule has 4 nitrogen and oxygen atoms in total. The Morgan fingerprint density at radius 1 is 1.16 bits per heavy atom. The van der Waals surface area contributed by atoms with Crippen LogP contribution in [0.4, 0.5) is 5.69 Å². The molecule has 0 bridgehead atoms. The van der Waals surface area contributed by atoms with Crippen LogP contribution in [0.1, 0.15) is 43.4 Å². The van der Waals surface area contributed by atoms with Crippen LogP contribution in [0.15, 0.2) is 24.3 Å². The minimum atomic E-state index is 0.420. The lowest BCUT2D eigenvalue weighted by molar-refractivity contribution is 0.650. The zero-order valence-electron chi connectivity index (χ0n) is 11.9. The average Bonchev–Trinajstić information content (AvgIpc) is 2.73. The number of nitrogens with two attached hydrogens (primary N) is 1. The molecule has 19 heavy (non-hydrogen) atoms. The number of anilines is 1. The van der Waals surface area contributed by atoms with Gasteiger partial charge in [-0.25, -0.2) is 4.98 Å². The van der Waals surface area contributed by atoms with E-state index in [0.717, 1.165) is 36.6 Å². The summed E-state index contributed by atoms with van der Waals surface area (Å²) < 4.78 is 1.89. The van der Waals surface area contributed by atoms with Crippen molar-refractivity contribution >= 4 is 5.69 Å². The smallest absolute Gasteiger partial charge is 0.150 e. The van der Waals surface area contributed by atoms with Gasteiger partial charge < -0.3 is 5.73 Å². The van der Waals surface area contributed by atoms with Crippen LogP contribution in [-0.4, -0.2) is 14.8 Å². The monoisotopic (exact) mass is 258 g/mol. The topological polar surface area (TPSA) is 56.7 Å².